The molecule has 0 radical (unpaired) electrons. The van der Waals surface area contributed by atoms with E-state index in [1.54, 1.807) is 28.9 Å². The predicted octanol–water partition coefficient (Wildman–Crippen LogP) is 5.68. The van der Waals surface area contributed by atoms with Crippen LogP contribution in [0.25, 0.3) is 28.2 Å². The lowest BCUT2D eigenvalue weighted by Gasteiger charge is -2.57. The molecule has 5 aromatic rings. The van der Waals surface area contributed by atoms with Gasteiger partial charge in [-0.1, -0.05) is 0 Å². The molecule has 0 spiro atoms. The lowest BCUT2D eigenvalue weighted by atomic mass is 9.53. The van der Waals surface area contributed by atoms with E-state index < -0.39 is 11.9 Å². The van der Waals surface area contributed by atoms with E-state index in [4.69, 9.17) is 10.2 Å². The Morgan fingerprint density at radius 2 is 1.65 bits per heavy atom. The molecule has 0 saturated heterocycles. The first-order valence-electron chi connectivity index (χ1n) is 16.5. The fraction of sp³-hybridized carbons (Fsp3) is 0.371. The quantitative estimate of drug-likeness (QED) is 0.236. The normalized spacial score (nSPS) is 24.1. The van der Waals surface area contributed by atoms with Crippen molar-refractivity contribution in [1.29, 1.82) is 0 Å². The zero-order valence-electron chi connectivity index (χ0n) is 26.1. The Morgan fingerprint density at radius 3 is 2.38 bits per heavy atom. The van der Waals surface area contributed by atoms with Crippen LogP contribution in [0.4, 0.5) is 19.4 Å². The number of halogens is 2. The average molecular weight is 650 g/mol. The number of carbonyl (C=O) groups excluding carboxylic acids is 2. The predicted molar refractivity (Wildman–Crippen MR) is 172 cm³/mol. The van der Waals surface area contributed by atoms with Crippen molar-refractivity contribution in [1.82, 2.24) is 39.6 Å². The maximum Gasteiger partial charge on any atom is 0.318 e. The number of nitrogens with zero attached hydrogens (tertiary/aromatic N) is 7. The summed E-state index contributed by atoms with van der Waals surface area (Å²) in [7, 11) is 0. The van der Waals surface area contributed by atoms with Gasteiger partial charge in [0.05, 0.1) is 36.2 Å². The SMILES string of the molecule is O=C(Nc1cn2nc(-c3c(-c4ccc(F)cc4)nn4c3CN(C(=O)NC35CC6CC(CC(C6)C3)C5)CC4)ccc2n1)c1ccnc(F)c1. The van der Waals surface area contributed by atoms with Gasteiger partial charge in [-0.2, -0.15) is 14.6 Å². The van der Waals surface area contributed by atoms with Crippen LogP contribution in [0.1, 0.15) is 54.6 Å². The topological polar surface area (TPSA) is 122 Å². The standard InChI is InChI=1S/C35H33F2N9O2/c36-25-3-1-23(2-4-25)32-31(26-5-6-30-39-29(19-46(30)42-26)40-33(47)24-7-8-38-28(37)14-24)27-18-44(9-10-45(27)43-32)34(48)41-35-15-20-11-21(16-35)13-22(12-20)17-35/h1-8,14,19-22H,9-13,15-18H2,(H,40,47)(H,41,48). The van der Waals surface area contributed by atoms with Crippen molar-refractivity contribution >= 4 is 23.4 Å². The fourth-order valence-electron chi connectivity index (χ4n) is 8.95. The van der Waals surface area contributed by atoms with Gasteiger partial charge in [-0.05, 0) is 98.7 Å². The Bertz CT molecular complexity index is 2050. The van der Waals surface area contributed by atoms with Gasteiger partial charge >= 0.3 is 6.03 Å². The number of anilines is 1. The molecule has 2 N–H and O–H groups in total. The van der Waals surface area contributed by atoms with Crippen molar-refractivity contribution < 1.29 is 18.4 Å². The van der Waals surface area contributed by atoms with E-state index in [9.17, 15) is 18.4 Å². The maximum atomic E-state index is 13.9. The van der Waals surface area contributed by atoms with Gasteiger partial charge in [0.2, 0.25) is 5.95 Å². The van der Waals surface area contributed by atoms with Crippen molar-refractivity contribution in [3.8, 4) is 22.5 Å². The van der Waals surface area contributed by atoms with Crippen molar-refractivity contribution in [2.45, 2.75) is 57.2 Å². The van der Waals surface area contributed by atoms with Gasteiger partial charge in [0.15, 0.2) is 11.5 Å². The molecule has 1 aromatic carbocycles. The first kappa shape index (κ1) is 29.0. The summed E-state index contributed by atoms with van der Waals surface area (Å²) in [6, 6.07) is 12.2. The first-order valence-corrected chi connectivity index (χ1v) is 16.5. The minimum atomic E-state index is -0.755. The number of hydrogen-bond acceptors (Lipinski definition) is 6. The summed E-state index contributed by atoms with van der Waals surface area (Å²) < 4.78 is 31.0. The molecule has 4 saturated carbocycles. The summed E-state index contributed by atoms with van der Waals surface area (Å²) in [5.41, 5.74) is 4.01. The Hall–Kier alpha value is -5.20. The molecule has 0 unspecified atom stereocenters. The third kappa shape index (κ3) is 5.08. The Kier molecular flexibility index (Phi) is 6.60. The molecule has 10 rings (SSSR count). The van der Waals surface area contributed by atoms with Gasteiger partial charge in [0.1, 0.15) is 11.5 Å². The van der Waals surface area contributed by atoms with E-state index in [-0.39, 0.29) is 28.8 Å². The fourth-order valence-corrected chi connectivity index (χ4v) is 8.95. The molecule has 244 valence electrons. The average Bonchev–Trinajstić information content (AvgIpc) is 3.64. The van der Waals surface area contributed by atoms with E-state index in [1.165, 1.54) is 43.7 Å². The van der Waals surface area contributed by atoms with E-state index in [1.807, 2.05) is 15.6 Å². The summed E-state index contributed by atoms with van der Waals surface area (Å²) in [5.74, 6) is 0.775. The van der Waals surface area contributed by atoms with E-state index >= 15 is 0 Å². The zero-order chi connectivity index (χ0) is 32.6. The number of nitrogens with one attached hydrogen (secondary N) is 2. The number of pyridine rings is 1. The van der Waals surface area contributed by atoms with Crippen molar-refractivity contribution in [2.75, 3.05) is 11.9 Å². The highest BCUT2D eigenvalue weighted by atomic mass is 19.1. The monoisotopic (exact) mass is 649 g/mol. The van der Waals surface area contributed by atoms with Crippen LogP contribution in [-0.4, -0.2) is 58.3 Å². The Morgan fingerprint density at radius 1 is 0.896 bits per heavy atom. The second kappa shape index (κ2) is 10.9. The summed E-state index contributed by atoms with van der Waals surface area (Å²) in [5, 5.41) is 16.0. The van der Waals surface area contributed by atoms with Crippen LogP contribution in [0.2, 0.25) is 0 Å². The lowest BCUT2D eigenvalue weighted by molar-refractivity contribution is -0.0161. The lowest BCUT2D eigenvalue weighted by Crippen LogP contribution is -2.62. The van der Waals surface area contributed by atoms with Gasteiger partial charge in [-0.25, -0.2) is 23.7 Å². The van der Waals surface area contributed by atoms with Crippen LogP contribution >= 0.6 is 0 Å². The number of rotatable bonds is 5. The van der Waals surface area contributed by atoms with Crippen LogP contribution < -0.4 is 10.6 Å². The van der Waals surface area contributed by atoms with Crippen LogP contribution in [0.5, 0.6) is 0 Å². The molecule has 4 bridgehead atoms. The smallest absolute Gasteiger partial charge is 0.318 e. The van der Waals surface area contributed by atoms with E-state index in [0.717, 1.165) is 59.9 Å². The largest absolute Gasteiger partial charge is 0.333 e. The molecule has 5 aliphatic rings. The van der Waals surface area contributed by atoms with Crippen molar-refractivity contribution in [3.05, 3.63) is 83.9 Å². The van der Waals surface area contributed by atoms with Gasteiger partial charge in [-0.15, -0.1) is 0 Å². The molecule has 4 fully saturated rings. The molecule has 11 nitrogen and oxygen atoms in total. The minimum Gasteiger partial charge on any atom is -0.333 e. The van der Waals surface area contributed by atoms with Gasteiger partial charge < -0.3 is 15.5 Å². The second-order valence-corrected chi connectivity index (χ2v) is 13.9. The number of aromatic nitrogens is 6. The molecular formula is C35H33F2N9O2. The molecule has 3 amide bonds. The number of imidazole rings is 1. The number of fused-ring (bicyclic) bond motifs is 2. The second-order valence-electron chi connectivity index (χ2n) is 13.9. The molecule has 13 heteroatoms. The highest BCUT2D eigenvalue weighted by Crippen LogP contribution is 2.55. The molecule has 4 aliphatic carbocycles. The summed E-state index contributed by atoms with van der Waals surface area (Å²) >= 11 is 0. The van der Waals surface area contributed by atoms with Crippen LogP contribution in [0, 0.1) is 29.5 Å². The summed E-state index contributed by atoms with van der Waals surface area (Å²) in [6.45, 7) is 1.37. The van der Waals surface area contributed by atoms with Crippen molar-refractivity contribution in [3.63, 3.8) is 0 Å². The third-order valence-electron chi connectivity index (χ3n) is 10.6. The first-order chi connectivity index (χ1) is 23.3. The maximum absolute atomic E-state index is 13.9. The van der Waals surface area contributed by atoms with Gasteiger partial charge in [0.25, 0.3) is 5.91 Å². The van der Waals surface area contributed by atoms with E-state index in [0.29, 0.717) is 36.7 Å². The van der Waals surface area contributed by atoms with Crippen molar-refractivity contribution in [2.24, 2.45) is 17.8 Å². The van der Waals surface area contributed by atoms with Crippen LogP contribution in [-0.2, 0) is 13.1 Å². The van der Waals surface area contributed by atoms with Gasteiger partial charge in [0, 0.05) is 35.5 Å². The number of carbonyl (C=O) groups is 2. The molecule has 0 atom stereocenters. The Balaban J connectivity index is 1.04. The van der Waals surface area contributed by atoms with E-state index in [2.05, 4.69) is 20.6 Å². The molecule has 1 aliphatic heterocycles. The minimum absolute atomic E-state index is 0.0360. The number of urea groups is 1. The summed E-state index contributed by atoms with van der Waals surface area (Å²) in [6.07, 6.45) is 9.95. The molecule has 4 aromatic heterocycles. The number of hydrogen-bond donors (Lipinski definition) is 2. The highest BCUT2D eigenvalue weighted by Gasteiger charge is 2.52. The molecule has 5 heterocycles. The van der Waals surface area contributed by atoms with Crippen LogP contribution in [0.15, 0.2) is 60.9 Å². The Labute approximate surface area is 274 Å². The molecule has 48 heavy (non-hydrogen) atoms. The highest BCUT2D eigenvalue weighted by molar-refractivity contribution is 6.03. The number of benzene rings is 1. The number of amides is 3. The van der Waals surface area contributed by atoms with Crippen LogP contribution in [0.3, 0.4) is 0 Å². The van der Waals surface area contributed by atoms with Gasteiger partial charge in [-0.3, -0.25) is 9.48 Å². The zero-order valence-corrected chi connectivity index (χ0v) is 26.1. The summed E-state index contributed by atoms with van der Waals surface area (Å²) in [4.78, 5) is 36.4. The molecular weight excluding hydrogens is 616 g/mol. The third-order valence-corrected chi connectivity index (χ3v) is 10.6.